The summed E-state index contributed by atoms with van der Waals surface area (Å²) in [6, 6.07) is 3.37. The lowest BCUT2D eigenvalue weighted by Gasteiger charge is -2.14. The number of hydrogen-bond acceptors (Lipinski definition) is 5. The Balaban J connectivity index is 2.97. The minimum absolute atomic E-state index is 0.0462. The van der Waals surface area contributed by atoms with Gasteiger partial charge >= 0.3 is 0 Å². The Hall–Kier alpha value is -1.18. The molecule has 0 saturated carbocycles. The molecule has 0 fully saturated rings. The zero-order valence-electron chi connectivity index (χ0n) is 11.6. The summed E-state index contributed by atoms with van der Waals surface area (Å²) in [6.45, 7) is 0.121. The molecule has 0 aromatic heterocycles. The van der Waals surface area contributed by atoms with Crippen molar-refractivity contribution in [3.63, 3.8) is 0 Å². The second-order valence-corrected chi connectivity index (χ2v) is 6.17. The van der Waals surface area contributed by atoms with Gasteiger partial charge in [0.05, 0.1) is 27.1 Å². The number of halogens is 1. The molecule has 1 rings (SSSR count). The van der Waals surface area contributed by atoms with Gasteiger partial charge in [-0.05, 0) is 17.7 Å². The molecule has 1 aromatic rings. The highest BCUT2D eigenvalue weighted by Crippen LogP contribution is 2.38. The molecule has 114 valence electrons. The highest BCUT2D eigenvalue weighted by molar-refractivity contribution is 7.89. The van der Waals surface area contributed by atoms with Gasteiger partial charge < -0.3 is 14.2 Å². The lowest BCUT2D eigenvalue weighted by atomic mass is 10.2. The van der Waals surface area contributed by atoms with Crippen LogP contribution in [0.25, 0.3) is 0 Å². The minimum atomic E-state index is -3.38. The van der Waals surface area contributed by atoms with Crippen molar-refractivity contribution in [3.8, 4) is 17.2 Å². The summed E-state index contributed by atoms with van der Waals surface area (Å²) in [5.41, 5.74) is 0.692. The monoisotopic (exact) mass is 323 g/mol. The van der Waals surface area contributed by atoms with Crippen molar-refractivity contribution in [2.24, 2.45) is 0 Å². The Morgan fingerprint density at radius 1 is 1.10 bits per heavy atom. The van der Waals surface area contributed by atoms with E-state index in [1.165, 1.54) is 21.3 Å². The quantitative estimate of drug-likeness (QED) is 0.731. The van der Waals surface area contributed by atoms with Crippen molar-refractivity contribution < 1.29 is 22.6 Å². The molecule has 6 nitrogen and oxygen atoms in total. The Labute approximate surface area is 124 Å². The molecule has 0 bridgehead atoms. The molecule has 8 heteroatoms. The molecule has 0 aliphatic rings. The van der Waals surface area contributed by atoms with Crippen LogP contribution in [0.1, 0.15) is 5.56 Å². The molecule has 0 aliphatic carbocycles. The Morgan fingerprint density at radius 2 is 1.65 bits per heavy atom. The maximum absolute atomic E-state index is 11.6. The third-order valence-electron chi connectivity index (χ3n) is 2.57. The van der Waals surface area contributed by atoms with Crippen LogP contribution in [0.3, 0.4) is 0 Å². The fraction of sp³-hybridized carbons (Fsp3) is 0.500. The number of benzene rings is 1. The van der Waals surface area contributed by atoms with E-state index in [-0.39, 0.29) is 18.2 Å². The second kappa shape index (κ2) is 7.56. The normalized spacial score (nSPS) is 11.2. The zero-order valence-corrected chi connectivity index (χ0v) is 13.2. The lowest BCUT2D eigenvalue weighted by molar-refractivity contribution is 0.323. The maximum atomic E-state index is 11.6. The summed E-state index contributed by atoms with van der Waals surface area (Å²) in [5, 5.41) is 0. The van der Waals surface area contributed by atoms with Crippen molar-refractivity contribution in [2.75, 3.05) is 33.0 Å². The fourth-order valence-corrected chi connectivity index (χ4v) is 2.95. The Kier molecular flexibility index (Phi) is 6.38. The van der Waals surface area contributed by atoms with E-state index in [4.69, 9.17) is 25.8 Å². The van der Waals surface area contributed by atoms with Gasteiger partial charge in [0.15, 0.2) is 11.5 Å². The van der Waals surface area contributed by atoms with Crippen molar-refractivity contribution in [1.82, 2.24) is 4.72 Å². The lowest BCUT2D eigenvalue weighted by Crippen LogP contribution is -2.26. The van der Waals surface area contributed by atoms with Crippen LogP contribution in [0.5, 0.6) is 17.2 Å². The third-order valence-corrected chi connectivity index (χ3v) is 4.31. The minimum Gasteiger partial charge on any atom is -0.493 e. The topological polar surface area (TPSA) is 73.9 Å². The van der Waals surface area contributed by atoms with Crippen LogP contribution in [0.2, 0.25) is 0 Å². The van der Waals surface area contributed by atoms with Crippen LogP contribution in [-0.2, 0) is 16.6 Å². The van der Waals surface area contributed by atoms with Crippen molar-refractivity contribution in [1.29, 1.82) is 0 Å². The number of methoxy groups -OCH3 is 3. The Morgan fingerprint density at radius 3 is 2.05 bits per heavy atom. The SMILES string of the molecule is COc1cc(CNS(=O)(=O)CCCl)cc(OC)c1OC. The summed E-state index contributed by atoms with van der Waals surface area (Å²) >= 11 is 5.43. The third kappa shape index (κ3) is 4.43. The molecule has 1 N–H and O–H groups in total. The average Bonchev–Trinajstić information content (AvgIpc) is 2.43. The van der Waals surface area contributed by atoms with Gasteiger partial charge in [-0.25, -0.2) is 13.1 Å². The maximum Gasteiger partial charge on any atom is 0.213 e. The van der Waals surface area contributed by atoms with Crippen LogP contribution in [0.4, 0.5) is 0 Å². The van der Waals surface area contributed by atoms with Gasteiger partial charge in [-0.2, -0.15) is 0 Å². The molecule has 0 saturated heterocycles. The number of sulfonamides is 1. The van der Waals surface area contributed by atoms with E-state index in [0.29, 0.717) is 22.8 Å². The number of hydrogen-bond donors (Lipinski definition) is 1. The van der Waals surface area contributed by atoms with E-state index in [0.717, 1.165) is 0 Å². The number of rotatable bonds is 8. The standard InChI is InChI=1S/C12H18ClNO5S/c1-17-10-6-9(7-11(18-2)12(10)19-3)8-14-20(15,16)5-4-13/h6-7,14H,4-5,8H2,1-3H3. The van der Waals surface area contributed by atoms with Crippen LogP contribution >= 0.6 is 11.6 Å². The smallest absolute Gasteiger partial charge is 0.213 e. The first-order valence-electron chi connectivity index (χ1n) is 5.79. The number of alkyl halides is 1. The van der Waals surface area contributed by atoms with Gasteiger partial charge in [0.1, 0.15) is 0 Å². The first kappa shape index (κ1) is 16.9. The van der Waals surface area contributed by atoms with E-state index in [9.17, 15) is 8.42 Å². The summed E-state index contributed by atoms with van der Waals surface area (Å²) in [5.74, 6) is 1.32. The summed E-state index contributed by atoms with van der Waals surface area (Å²) in [4.78, 5) is 0. The van der Waals surface area contributed by atoms with Crippen LogP contribution in [-0.4, -0.2) is 41.4 Å². The second-order valence-electron chi connectivity index (χ2n) is 3.86. The summed E-state index contributed by atoms with van der Waals surface area (Å²) < 4.78 is 41.1. The van der Waals surface area contributed by atoms with E-state index >= 15 is 0 Å². The van der Waals surface area contributed by atoms with Gasteiger partial charge in [-0.15, -0.1) is 11.6 Å². The molecule has 1 aromatic carbocycles. The summed E-state index contributed by atoms with van der Waals surface area (Å²) in [6.07, 6.45) is 0. The molecule has 0 heterocycles. The highest BCUT2D eigenvalue weighted by atomic mass is 35.5. The van der Waals surface area contributed by atoms with Crippen LogP contribution in [0.15, 0.2) is 12.1 Å². The first-order chi connectivity index (χ1) is 9.47. The molecule has 0 aliphatic heterocycles. The predicted octanol–water partition coefficient (Wildman–Crippen LogP) is 1.37. The van der Waals surface area contributed by atoms with E-state index < -0.39 is 10.0 Å². The predicted molar refractivity (Wildman–Crippen MR) is 77.4 cm³/mol. The van der Waals surface area contributed by atoms with Gasteiger partial charge in [0, 0.05) is 12.4 Å². The molecule has 20 heavy (non-hydrogen) atoms. The molecular weight excluding hydrogens is 306 g/mol. The fourth-order valence-electron chi connectivity index (χ4n) is 1.60. The van der Waals surface area contributed by atoms with Crippen molar-refractivity contribution in [3.05, 3.63) is 17.7 Å². The van der Waals surface area contributed by atoms with Crippen LogP contribution < -0.4 is 18.9 Å². The first-order valence-corrected chi connectivity index (χ1v) is 7.98. The highest BCUT2D eigenvalue weighted by Gasteiger charge is 2.15. The van der Waals surface area contributed by atoms with Crippen LogP contribution in [0, 0.1) is 0 Å². The van der Waals surface area contributed by atoms with E-state index in [2.05, 4.69) is 4.72 Å². The molecule has 0 atom stereocenters. The van der Waals surface area contributed by atoms with Gasteiger partial charge in [-0.1, -0.05) is 0 Å². The van der Waals surface area contributed by atoms with Gasteiger partial charge in [-0.3, -0.25) is 0 Å². The zero-order chi connectivity index (χ0) is 15.2. The number of nitrogens with one attached hydrogen (secondary N) is 1. The van der Waals surface area contributed by atoms with E-state index in [1.807, 2.05) is 0 Å². The summed E-state index contributed by atoms with van der Waals surface area (Å²) in [7, 11) is 1.12. The number of ether oxygens (including phenoxy) is 3. The van der Waals surface area contributed by atoms with Crippen molar-refractivity contribution in [2.45, 2.75) is 6.54 Å². The average molecular weight is 324 g/mol. The molecule has 0 amide bonds. The largest absolute Gasteiger partial charge is 0.493 e. The molecule has 0 spiro atoms. The molecule has 0 radical (unpaired) electrons. The molecule has 0 unspecified atom stereocenters. The van der Waals surface area contributed by atoms with E-state index in [1.54, 1.807) is 12.1 Å². The van der Waals surface area contributed by atoms with Gasteiger partial charge in [0.2, 0.25) is 15.8 Å². The van der Waals surface area contributed by atoms with Crippen molar-refractivity contribution >= 4 is 21.6 Å². The van der Waals surface area contributed by atoms with Gasteiger partial charge in [0.25, 0.3) is 0 Å². The molecular formula is C12H18ClNO5S. The Bertz CT molecular complexity index is 522.